The van der Waals surface area contributed by atoms with Crippen LogP contribution in [0.2, 0.25) is 5.02 Å². The van der Waals surface area contributed by atoms with Crippen molar-refractivity contribution in [2.24, 2.45) is 0 Å². The molecule has 2 amide bonds. The Morgan fingerprint density at radius 1 is 0.892 bits per heavy atom. The highest BCUT2D eigenvalue weighted by molar-refractivity contribution is 7.90. The first-order valence-corrected chi connectivity index (χ1v) is 13.5. The zero-order chi connectivity index (χ0) is 27.0. The molecule has 10 heteroatoms. The molecule has 0 saturated heterocycles. The number of carbonyl (C=O) groups is 2. The molecule has 0 aromatic heterocycles. The highest BCUT2D eigenvalue weighted by Gasteiger charge is 2.34. The molecule has 8 nitrogen and oxygen atoms in total. The molecule has 0 bridgehead atoms. The van der Waals surface area contributed by atoms with Gasteiger partial charge in [-0.25, -0.2) is 4.31 Å². The first kappa shape index (κ1) is 28.2. The zero-order valence-corrected chi connectivity index (χ0v) is 22.6. The maximum absolute atomic E-state index is 13.9. The SMILES string of the molecule is CNC(=O)[C@H](Cc1ccccc1)N(Cc1ccccc1Cl)C(=O)CN(c1ccccc1)S(=O)(=O)N(C)C. The molecule has 0 saturated carbocycles. The van der Waals surface area contributed by atoms with Gasteiger partial charge in [0.05, 0.1) is 5.69 Å². The van der Waals surface area contributed by atoms with Gasteiger partial charge in [-0.2, -0.15) is 12.7 Å². The Morgan fingerprint density at radius 3 is 2.03 bits per heavy atom. The van der Waals surface area contributed by atoms with Gasteiger partial charge < -0.3 is 10.2 Å². The van der Waals surface area contributed by atoms with Crippen LogP contribution in [0.15, 0.2) is 84.9 Å². The number of halogens is 1. The third kappa shape index (κ3) is 7.09. The van der Waals surface area contributed by atoms with E-state index in [0.29, 0.717) is 16.3 Å². The topological polar surface area (TPSA) is 90.0 Å². The monoisotopic (exact) mass is 542 g/mol. The van der Waals surface area contributed by atoms with Crippen LogP contribution < -0.4 is 9.62 Å². The highest BCUT2D eigenvalue weighted by Crippen LogP contribution is 2.23. The molecule has 0 spiro atoms. The van der Waals surface area contributed by atoms with Gasteiger partial charge in [-0.05, 0) is 29.3 Å². The Morgan fingerprint density at radius 2 is 1.46 bits per heavy atom. The van der Waals surface area contributed by atoms with Crippen molar-refractivity contribution < 1.29 is 18.0 Å². The third-order valence-electron chi connectivity index (χ3n) is 5.88. The summed E-state index contributed by atoms with van der Waals surface area (Å²) in [5.74, 6) is -0.912. The van der Waals surface area contributed by atoms with E-state index in [4.69, 9.17) is 11.6 Å². The van der Waals surface area contributed by atoms with E-state index in [9.17, 15) is 18.0 Å². The van der Waals surface area contributed by atoms with Crippen molar-refractivity contribution in [3.8, 4) is 0 Å². The van der Waals surface area contributed by atoms with Gasteiger partial charge >= 0.3 is 10.2 Å². The van der Waals surface area contributed by atoms with E-state index in [1.807, 2.05) is 30.3 Å². The van der Waals surface area contributed by atoms with Crippen molar-refractivity contribution in [2.45, 2.75) is 19.0 Å². The van der Waals surface area contributed by atoms with Gasteiger partial charge in [0.25, 0.3) is 0 Å². The first-order chi connectivity index (χ1) is 17.6. The van der Waals surface area contributed by atoms with Crippen LogP contribution >= 0.6 is 11.6 Å². The molecule has 37 heavy (non-hydrogen) atoms. The molecule has 3 aromatic carbocycles. The van der Waals surface area contributed by atoms with Crippen LogP contribution in [-0.2, 0) is 32.8 Å². The minimum Gasteiger partial charge on any atom is -0.357 e. The van der Waals surface area contributed by atoms with Crippen molar-refractivity contribution in [1.29, 1.82) is 0 Å². The molecule has 0 radical (unpaired) electrons. The molecule has 0 aliphatic heterocycles. The van der Waals surface area contributed by atoms with Crippen LogP contribution in [0.4, 0.5) is 5.69 Å². The molecule has 1 N–H and O–H groups in total. The lowest BCUT2D eigenvalue weighted by atomic mass is 10.0. The van der Waals surface area contributed by atoms with E-state index in [0.717, 1.165) is 14.2 Å². The quantitative estimate of drug-likeness (QED) is 0.402. The average molecular weight is 543 g/mol. The molecular weight excluding hydrogens is 512 g/mol. The Hall–Kier alpha value is -3.40. The van der Waals surface area contributed by atoms with E-state index in [1.165, 1.54) is 26.0 Å². The van der Waals surface area contributed by atoms with Crippen LogP contribution in [0.3, 0.4) is 0 Å². The van der Waals surface area contributed by atoms with E-state index >= 15 is 0 Å². The van der Waals surface area contributed by atoms with Crippen molar-refractivity contribution >= 4 is 39.3 Å². The summed E-state index contributed by atoms with van der Waals surface area (Å²) in [6.07, 6.45) is 0.239. The maximum atomic E-state index is 13.9. The number of rotatable bonds is 11. The van der Waals surface area contributed by atoms with Crippen molar-refractivity contribution in [3.05, 3.63) is 101 Å². The second-order valence-corrected chi connectivity index (χ2v) is 11.0. The molecule has 0 aliphatic rings. The minimum absolute atomic E-state index is 0.0219. The molecule has 0 fully saturated rings. The summed E-state index contributed by atoms with van der Waals surface area (Å²) in [5, 5.41) is 3.09. The summed E-state index contributed by atoms with van der Waals surface area (Å²) in [7, 11) is 0.291. The molecule has 196 valence electrons. The van der Waals surface area contributed by atoms with Crippen LogP contribution in [0, 0.1) is 0 Å². The number of nitrogens with zero attached hydrogens (tertiary/aromatic N) is 3. The van der Waals surface area contributed by atoms with E-state index in [-0.39, 0.29) is 18.9 Å². The lowest BCUT2D eigenvalue weighted by Crippen LogP contribution is -2.53. The van der Waals surface area contributed by atoms with Gasteiger partial charge in [0, 0.05) is 39.1 Å². The Kier molecular flexibility index (Phi) is 9.68. The number of nitrogens with one attached hydrogen (secondary N) is 1. The van der Waals surface area contributed by atoms with Gasteiger partial charge in [-0.1, -0.05) is 78.3 Å². The number of hydrogen-bond donors (Lipinski definition) is 1. The highest BCUT2D eigenvalue weighted by atomic mass is 35.5. The molecule has 1 atom stereocenters. The lowest BCUT2D eigenvalue weighted by Gasteiger charge is -2.34. The Bertz CT molecular complexity index is 1300. The summed E-state index contributed by atoms with van der Waals surface area (Å²) in [6, 6.07) is 23.9. The Balaban J connectivity index is 2.06. The third-order valence-corrected chi connectivity index (χ3v) is 8.07. The van der Waals surface area contributed by atoms with E-state index in [1.54, 1.807) is 54.6 Å². The summed E-state index contributed by atoms with van der Waals surface area (Å²) < 4.78 is 28.6. The molecule has 0 aliphatic carbocycles. The predicted octanol–water partition coefficient (Wildman–Crippen LogP) is 3.34. The zero-order valence-electron chi connectivity index (χ0n) is 21.0. The summed E-state index contributed by atoms with van der Waals surface area (Å²) in [4.78, 5) is 28.5. The molecular formula is C27H31ClN4O4S. The van der Waals surface area contributed by atoms with Crippen LogP contribution in [0.1, 0.15) is 11.1 Å². The second-order valence-electron chi connectivity index (χ2n) is 8.57. The normalized spacial score (nSPS) is 12.1. The fourth-order valence-corrected chi connectivity index (χ4v) is 5.09. The largest absolute Gasteiger partial charge is 0.357 e. The number of likely N-dealkylation sites (N-methyl/N-ethyl adjacent to an activating group) is 1. The second kappa shape index (κ2) is 12.7. The molecule has 0 heterocycles. The summed E-state index contributed by atoms with van der Waals surface area (Å²) in [6.45, 7) is -0.481. The van der Waals surface area contributed by atoms with Gasteiger partial charge in [-0.15, -0.1) is 0 Å². The van der Waals surface area contributed by atoms with E-state index in [2.05, 4.69) is 5.32 Å². The van der Waals surface area contributed by atoms with Gasteiger partial charge in [0.2, 0.25) is 11.8 Å². The smallest absolute Gasteiger partial charge is 0.304 e. The van der Waals surface area contributed by atoms with Crippen LogP contribution in [0.25, 0.3) is 0 Å². The lowest BCUT2D eigenvalue weighted by molar-refractivity contribution is -0.139. The maximum Gasteiger partial charge on any atom is 0.304 e. The first-order valence-electron chi connectivity index (χ1n) is 11.7. The number of amides is 2. The summed E-state index contributed by atoms with van der Waals surface area (Å²) >= 11 is 6.42. The van der Waals surface area contributed by atoms with Crippen molar-refractivity contribution in [3.63, 3.8) is 0 Å². The predicted molar refractivity (Wildman–Crippen MR) is 146 cm³/mol. The summed E-state index contributed by atoms with van der Waals surface area (Å²) in [5.41, 5.74) is 1.83. The van der Waals surface area contributed by atoms with E-state index < -0.39 is 28.7 Å². The standard InChI is InChI=1S/C27H31ClN4O4S/c1-29-27(34)25(18-21-12-6-4-7-13-21)31(19-22-14-10-11-17-24(22)28)26(33)20-32(37(35,36)30(2)3)23-15-8-5-9-16-23/h4-17,25H,18-20H2,1-3H3,(H,29,34)/t25-/m0/s1. The number of para-hydroxylation sites is 1. The minimum atomic E-state index is -4.02. The van der Waals surface area contributed by atoms with Crippen molar-refractivity contribution in [1.82, 2.24) is 14.5 Å². The number of carbonyl (C=O) groups excluding carboxylic acids is 2. The molecule has 3 aromatic rings. The number of benzene rings is 3. The van der Waals surface area contributed by atoms with Crippen molar-refractivity contribution in [2.75, 3.05) is 32.0 Å². The van der Waals surface area contributed by atoms with Gasteiger partial charge in [0.15, 0.2) is 0 Å². The molecule has 0 unspecified atom stereocenters. The fraction of sp³-hybridized carbons (Fsp3) is 0.259. The fourth-order valence-electron chi connectivity index (χ4n) is 3.84. The Labute approximate surface area is 223 Å². The van der Waals surface area contributed by atoms with Gasteiger partial charge in [0.1, 0.15) is 12.6 Å². The number of anilines is 1. The van der Waals surface area contributed by atoms with Gasteiger partial charge in [-0.3, -0.25) is 9.59 Å². The average Bonchev–Trinajstić information content (AvgIpc) is 2.90. The van der Waals surface area contributed by atoms with Crippen LogP contribution in [0.5, 0.6) is 0 Å². The number of hydrogen-bond acceptors (Lipinski definition) is 4. The molecule has 3 rings (SSSR count). The van der Waals surface area contributed by atoms with Crippen LogP contribution in [-0.4, -0.2) is 63.2 Å².